The van der Waals surface area contributed by atoms with Gasteiger partial charge in [0.25, 0.3) is 15.9 Å². The highest BCUT2D eigenvalue weighted by atomic mass is 32.2. The van der Waals surface area contributed by atoms with Crippen LogP contribution in [0, 0.1) is 0 Å². The van der Waals surface area contributed by atoms with Gasteiger partial charge >= 0.3 is 6.18 Å². The minimum Gasteiger partial charge on any atom is -0.484 e. The highest BCUT2D eigenvalue weighted by Gasteiger charge is 2.31. The number of carbonyl (C=O) groups excluding carboxylic acids is 1. The number of para-hydroxylation sites is 1. The standard InChI is InChI=1S/C23H19F3N2O4S/c24-23(25,26)17-5-7-18(8-6-17)27-22(29)15-32-19-9-11-20(12-10-19)33(30,31)28-14-13-16-3-1-2-4-21(16)28/h1-12H,13-15H2,(H,27,29). The Kier molecular flexibility index (Phi) is 6.03. The molecule has 10 heteroatoms. The molecule has 0 radical (unpaired) electrons. The van der Waals surface area contributed by atoms with Gasteiger partial charge in [0, 0.05) is 12.2 Å². The summed E-state index contributed by atoms with van der Waals surface area (Å²) in [6.45, 7) is -0.0311. The van der Waals surface area contributed by atoms with E-state index in [9.17, 15) is 26.4 Å². The van der Waals surface area contributed by atoms with Crippen molar-refractivity contribution in [1.82, 2.24) is 0 Å². The number of hydrogen-bond acceptors (Lipinski definition) is 4. The Labute approximate surface area is 188 Å². The highest BCUT2D eigenvalue weighted by molar-refractivity contribution is 7.92. The van der Waals surface area contributed by atoms with Crippen LogP contribution in [0.3, 0.4) is 0 Å². The van der Waals surface area contributed by atoms with Gasteiger partial charge in [-0.1, -0.05) is 18.2 Å². The van der Waals surface area contributed by atoms with E-state index in [1.54, 1.807) is 12.1 Å². The molecule has 33 heavy (non-hydrogen) atoms. The van der Waals surface area contributed by atoms with E-state index >= 15 is 0 Å². The molecule has 1 aliphatic heterocycles. The van der Waals surface area contributed by atoms with Gasteiger partial charge in [0.1, 0.15) is 5.75 Å². The summed E-state index contributed by atoms with van der Waals surface area (Å²) in [6, 6.07) is 17.1. The van der Waals surface area contributed by atoms with Crippen LogP contribution in [0.1, 0.15) is 11.1 Å². The van der Waals surface area contributed by atoms with E-state index in [2.05, 4.69) is 5.32 Å². The van der Waals surface area contributed by atoms with Gasteiger partial charge < -0.3 is 10.1 Å². The minimum absolute atomic E-state index is 0.0979. The van der Waals surface area contributed by atoms with E-state index < -0.39 is 34.3 Å². The summed E-state index contributed by atoms with van der Waals surface area (Å²) in [5.41, 5.74) is 1.02. The number of anilines is 2. The smallest absolute Gasteiger partial charge is 0.416 e. The number of carbonyl (C=O) groups is 1. The van der Waals surface area contributed by atoms with Gasteiger partial charge in [-0.15, -0.1) is 0 Å². The van der Waals surface area contributed by atoms with Gasteiger partial charge in [0.05, 0.1) is 16.1 Å². The third-order valence-electron chi connectivity index (χ3n) is 5.12. The SMILES string of the molecule is O=C(COc1ccc(S(=O)(=O)N2CCc3ccccc32)cc1)Nc1ccc(C(F)(F)F)cc1. The fraction of sp³-hybridized carbons (Fsp3) is 0.174. The van der Waals surface area contributed by atoms with Crippen molar-refractivity contribution in [3.63, 3.8) is 0 Å². The second kappa shape index (κ2) is 8.78. The molecule has 0 aliphatic carbocycles. The molecule has 172 valence electrons. The zero-order valence-electron chi connectivity index (χ0n) is 17.2. The number of nitrogens with one attached hydrogen (secondary N) is 1. The van der Waals surface area contributed by atoms with E-state index in [1.807, 2.05) is 12.1 Å². The maximum atomic E-state index is 13.0. The number of alkyl halides is 3. The van der Waals surface area contributed by atoms with Crippen molar-refractivity contribution in [2.75, 3.05) is 22.8 Å². The number of ether oxygens (including phenoxy) is 1. The first kappa shape index (κ1) is 22.7. The van der Waals surface area contributed by atoms with Crippen molar-refractivity contribution in [2.45, 2.75) is 17.5 Å². The van der Waals surface area contributed by atoms with Gasteiger partial charge in [-0.25, -0.2) is 8.42 Å². The quantitative estimate of drug-likeness (QED) is 0.570. The third-order valence-corrected chi connectivity index (χ3v) is 6.95. The number of amides is 1. The lowest BCUT2D eigenvalue weighted by molar-refractivity contribution is -0.137. The second-order valence-corrected chi connectivity index (χ2v) is 9.20. The van der Waals surface area contributed by atoms with E-state index in [4.69, 9.17) is 4.74 Å². The number of fused-ring (bicyclic) bond motifs is 1. The molecular formula is C23H19F3N2O4S. The van der Waals surface area contributed by atoms with Crippen molar-refractivity contribution < 1.29 is 31.1 Å². The summed E-state index contributed by atoms with van der Waals surface area (Å²) in [6.07, 6.45) is -3.81. The third kappa shape index (κ3) is 4.95. The zero-order chi connectivity index (χ0) is 23.6. The largest absolute Gasteiger partial charge is 0.484 e. The summed E-state index contributed by atoms with van der Waals surface area (Å²) in [4.78, 5) is 12.1. The molecule has 0 unspecified atom stereocenters. The number of halogens is 3. The Morgan fingerprint density at radius 1 is 0.970 bits per heavy atom. The van der Waals surface area contributed by atoms with Crippen LogP contribution >= 0.6 is 0 Å². The minimum atomic E-state index is -4.45. The van der Waals surface area contributed by atoms with Crippen LogP contribution in [0.2, 0.25) is 0 Å². The van der Waals surface area contributed by atoms with Crippen LogP contribution in [0.25, 0.3) is 0 Å². The Hall–Kier alpha value is -3.53. The van der Waals surface area contributed by atoms with Gasteiger partial charge in [-0.05, 0) is 66.6 Å². The Balaban J connectivity index is 1.36. The lowest BCUT2D eigenvalue weighted by Gasteiger charge is -2.19. The molecule has 3 aromatic carbocycles. The molecule has 0 spiro atoms. The van der Waals surface area contributed by atoms with Crippen molar-refractivity contribution in [3.8, 4) is 5.75 Å². The number of rotatable bonds is 6. The van der Waals surface area contributed by atoms with E-state index in [0.717, 1.165) is 29.8 Å². The first-order chi connectivity index (χ1) is 15.6. The van der Waals surface area contributed by atoms with Crippen molar-refractivity contribution >= 4 is 27.3 Å². The van der Waals surface area contributed by atoms with Crippen LogP contribution in [0.5, 0.6) is 5.75 Å². The van der Waals surface area contributed by atoms with E-state index in [0.29, 0.717) is 18.7 Å². The molecule has 1 heterocycles. The van der Waals surface area contributed by atoms with Crippen LogP contribution in [-0.2, 0) is 27.4 Å². The van der Waals surface area contributed by atoms with Crippen LogP contribution in [0.15, 0.2) is 77.7 Å². The van der Waals surface area contributed by atoms with Crippen LogP contribution in [-0.4, -0.2) is 27.5 Å². The molecule has 0 fully saturated rings. The van der Waals surface area contributed by atoms with Crippen LogP contribution in [0.4, 0.5) is 24.5 Å². The summed E-state index contributed by atoms with van der Waals surface area (Å²) in [7, 11) is -3.74. The molecule has 0 saturated heterocycles. The lowest BCUT2D eigenvalue weighted by Crippen LogP contribution is -2.29. The Morgan fingerprint density at radius 3 is 2.30 bits per heavy atom. The van der Waals surface area contributed by atoms with Gasteiger partial charge in [-0.3, -0.25) is 9.10 Å². The highest BCUT2D eigenvalue weighted by Crippen LogP contribution is 2.33. The molecule has 6 nitrogen and oxygen atoms in total. The summed E-state index contributed by atoms with van der Waals surface area (Å²) < 4.78 is 70.6. The van der Waals surface area contributed by atoms with E-state index in [-0.39, 0.29) is 16.3 Å². The first-order valence-electron chi connectivity index (χ1n) is 9.95. The van der Waals surface area contributed by atoms with Gasteiger partial charge in [-0.2, -0.15) is 13.2 Å². The lowest BCUT2D eigenvalue weighted by atomic mass is 10.2. The summed E-state index contributed by atoms with van der Waals surface area (Å²) >= 11 is 0. The van der Waals surface area contributed by atoms with Crippen LogP contribution < -0.4 is 14.4 Å². The summed E-state index contributed by atoms with van der Waals surface area (Å²) in [5.74, 6) is -0.293. The topological polar surface area (TPSA) is 75.7 Å². The van der Waals surface area contributed by atoms with Gasteiger partial charge in [0.15, 0.2) is 6.61 Å². The normalized spacial score (nSPS) is 13.5. The predicted molar refractivity (Wildman–Crippen MR) is 117 cm³/mol. The maximum Gasteiger partial charge on any atom is 0.416 e. The average Bonchev–Trinajstić information content (AvgIpc) is 3.23. The van der Waals surface area contributed by atoms with Crippen molar-refractivity contribution in [3.05, 3.63) is 83.9 Å². The predicted octanol–water partition coefficient (Wildman–Crippen LogP) is 4.47. The second-order valence-electron chi connectivity index (χ2n) is 7.34. The molecule has 1 N–H and O–H groups in total. The monoisotopic (exact) mass is 476 g/mol. The first-order valence-corrected chi connectivity index (χ1v) is 11.4. The Bertz CT molecular complexity index is 1260. The Morgan fingerprint density at radius 2 is 1.64 bits per heavy atom. The van der Waals surface area contributed by atoms with Gasteiger partial charge in [0.2, 0.25) is 0 Å². The molecule has 4 rings (SSSR count). The van der Waals surface area contributed by atoms with E-state index in [1.165, 1.54) is 28.6 Å². The number of nitrogens with zero attached hydrogens (tertiary/aromatic N) is 1. The molecule has 0 atom stereocenters. The molecular weight excluding hydrogens is 457 g/mol. The van der Waals surface area contributed by atoms with Crippen molar-refractivity contribution in [1.29, 1.82) is 0 Å². The number of hydrogen-bond donors (Lipinski definition) is 1. The molecule has 0 bridgehead atoms. The fourth-order valence-electron chi connectivity index (χ4n) is 3.48. The molecule has 1 amide bonds. The molecule has 0 aromatic heterocycles. The van der Waals surface area contributed by atoms with Crippen molar-refractivity contribution in [2.24, 2.45) is 0 Å². The number of benzene rings is 3. The maximum absolute atomic E-state index is 13.0. The zero-order valence-corrected chi connectivity index (χ0v) is 18.0. The average molecular weight is 476 g/mol. The number of sulfonamides is 1. The molecule has 1 aliphatic rings. The summed E-state index contributed by atoms with van der Waals surface area (Å²) in [5, 5.41) is 2.44. The molecule has 3 aromatic rings. The molecule has 0 saturated carbocycles. The fourth-order valence-corrected chi connectivity index (χ4v) is 4.98.